The van der Waals surface area contributed by atoms with E-state index in [1.807, 2.05) is 6.92 Å². The third-order valence-corrected chi connectivity index (χ3v) is 3.41. The Labute approximate surface area is 120 Å². The molecule has 1 aromatic rings. The number of hydrogen-bond donors (Lipinski definition) is 0. The highest BCUT2D eigenvalue weighted by Gasteiger charge is 2.22. The molecule has 1 aromatic heterocycles. The zero-order valence-electron chi connectivity index (χ0n) is 11.3. The van der Waals surface area contributed by atoms with Crippen LogP contribution in [0, 0.1) is 10.1 Å². The number of ether oxygens (including phenoxy) is 1. The van der Waals surface area contributed by atoms with Crippen LogP contribution in [0.5, 0.6) is 0 Å². The van der Waals surface area contributed by atoms with Crippen molar-refractivity contribution in [3.8, 4) is 0 Å². The zero-order chi connectivity index (χ0) is 15.1. The molecule has 110 valence electrons. The molecule has 0 N–H and O–H groups in total. The van der Waals surface area contributed by atoms with Gasteiger partial charge in [-0.1, -0.05) is 18.3 Å². The second-order valence-electron chi connectivity index (χ2n) is 3.93. The highest BCUT2D eigenvalue weighted by Crippen LogP contribution is 2.25. The Morgan fingerprint density at radius 2 is 2.10 bits per heavy atom. The highest BCUT2D eigenvalue weighted by atomic mass is 32.1. The Morgan fingerprint density at radius 1 is 1.40 bits per heavy atom. The number of nitro groups is 1. The lowest BCUT2D eigenvalue weighted by atomic mass is 10.3. The first-order valence-electron chi connectivity index (χ1n) is 6.18. The first kappa shape index (κ1) is 16.1. The van der Waals surface area contributed by atoms with Gasteiger partial charge in [-0.3, -0.25) is 19.7 Å². The van der Waals surface area contributed by atoms with Gasteiger partial charge in [-0.2, -0.15) is 0 Å². The van der Waals surface area contributed by atoms with Gasteiger partial charge in [0.2, 0.25) is 0 Å². The van der Waals surface area contributed by atoms with Gasteiger partial charge in [0.15, 0.2) is 0 Å². The predicted octanol–water partition coefficient (Wildman–Crippen LogP) is 2.07. The average Bonchev–Trinajstić information content (AvgIpc) is 2.87. The topological polar surface area (TPSA) is 89.8 Å². The molecule has 0 aliphatic carbocycles. The Kier molecular flexibility index (Phi) is 6.10. The zero-order valence-corrected chi connectivity index (χ0v) is 12.1. The number of hydrogen-bond acceptors (Lipinski definition) is 6. The fraction of sp³-hybridized carbons (Fsp3) is 0.500. The van der Waals surface area contributed by atoms with E-state index < -0.39 is 16.8 Å². The largest absolute Gasteiger partial charge is 0.465 e. The minimum Gasteiger partial charge on any atom is -0.465 e. The predicted molar refractivity (Wildman–Crippen MR) is 73.8 cm³/mol. The number of carbonyl (C=O) groups excluding carboxylic acids is 2. The lowest BCUT2D eigenvalue weighted by Crippen LogP contribution is -2.36. The van der Waals surface area contributed by atoms with E-state index in [9.17, 15) is 19.7 Å². The molecule has 0 bridgehead atoms. The van der Waals surface area contributed by atoms with Gasteiger partial charge >= 0.3 is 11.0 Å². The number of amides is 1. The van der Waals surface area contributed by atoms with Gasteiger partial charge in [0.05, 0.1) is 16.4 Å². The number of carbonyl (C=O) groups is 2. The molecular weight excluding hydrogens is 284 g/mol. The van der Waals surface area contributed by atoms with Crippen molar-refractivity contribution in [2.75, 3.05) is 19.7 Å². The van der Waals surface area contributed by atoms with Crippen molar-refractivity contribution < 1.29 is 19.2 Å². The van der Waals surface area contributed by atoms with Crippen molar-refractivity contribution >= 4 is 28.2 Å². The quantitative estimate of drug-likeness (QED) is 0.437. The maximum Gasteiger partial charge on any atom is 0.325 e. The molecule has 1 heterocycles. The van der Waals surface area contributed by atoms with Crippen LogP contribution < -0.4 is 0 Å². The molecule has 0 aliphatic rings. The molecule has 0 radical (unpaired) electrons. The van der Waals surface area contributed by atoms with Crippen LogP contribution in [0.4, 0.5) is 5.00 Å². The molecule has 0 atom stereocenters. The van der Waals surface area contributed by atoms with Gasteiger partial charge in [0, 0.05) is 12.6 Å². The van der Waals surface area contributed by atoms with E-state index >= 15 is 0 Å². The van der Waals surface area contributed by atoms with Gasteiger partial charge < -0.3 is 9.64 Å². The van der Waals surface area contributed by atoms with Gasteiger partial charge in [0.1, 0.15) is 6.54 Å². The summed E-state index contributed by atoms with van der Waals surface area (Å²) in [6.45, 7) is 4.06. The lowest BCUT2D eigenvalue weighted by molar-refractivity contribution is -0.380. The summed E-state index contributed by atoms with van der Waals surface area (Å²) >= 11 is 0.801. The van der Waals surface area contributed by atoms with Crippen molar-refractivity contribution in [1.29, 1.82) is 0 Å². The number of rotatable bonds is 7. The monoisotopic (exact) mass is 300 g/mol. The van der Waals surface area contributed by atoms with Gasteiger partial charge in [-0.05, 0) is 19.4 Å². The first-order valence-corrected chi connectivity index (χ1v) is 7.00. The van der Waals surface area contributed by atoms with Crippen LogP contribution in [-0.2, 0) is 9.53 Å². The molecule has 0 aliphatic heterocycles. The maximum absolute atomic E-state index is 12.2. The Hall–Kier alpha value is -1.96. The summed E-state index contributed by atoms with van der Waals surface area (Å²) in [6, 6.07) is 2.69. The Morgan fingerprint density at radius 3 is 2.60 bits per heavy atom. The summed E-state index contributed by atoms with van der Waals surface area (Å²) in [4.78, 5) is 35.3. The summed E-state index contributed by atoms with van der Waals surface area (Å²) in [6.07, 6.45) is 0.679. The summed E-state index contributed by atoms with van der Waals surface area (Å²) in [5.41, 5.74) is 0. The van der Waals surface area contributed by atoms with Crippen molar-refractivity contribution in [2.45, 2.75) is 20.3 Å². The molecular formula is C12H16N2O5S. The van der Waals surface area contributed by atoms with Crippen LogP contribution in [0.2, 0.25) is 0 Å². The number of thiophene rings is 1. The van der Waals surface area contributed by atoms with Crippen molar-refractivity contribution in [1.82, 2.24) is 4.90 Å². The molecule has 0 unspecified atom stereocenters. The molecule has 7 nitrogen and oxygen atoms in total. The fourth-order valence-corrected chi connectivity index (χ4v) is 2.37. The standard InChI is InChI=1S/C12H16N2O5S/c1-3-7-13(8-11(15)19-4-2)12(16)9-5-6-10(20-9)14(17)18/h5-6H,3-4,7-8H2,1-2H3. The number of nitrogens with zero attached hydrogens (tertiary/aromatic N) is 2. The van der Waals surface area contributed by atoms with Crippen LogP contribution >= 0.6 is 11.3 Å². The van der Waals surface area contributed by atoms with Crippen LogP contribution in [0.3, 0.4) is 0 Å². The minimum atomic E-state index is -0.545. The van der Waals surface area contributed by atoms with E-state index in [0.29, 0.717) is 13.0 Å². The van der Waals surface area contributed by atoms with E-state index in [2.05, 4.69) is 0 Å². The third-order valence-electron chi connectivity index (χ3n) is 2.39. The smallest absolute Gasteiger partial charge is 0.325 e. The molecule has 0 fully saturated rings. The average molecular weight is 300 g/mol. The molecule has 0 saturated carbocycles. The second-order valence-corrected chi connectivity index (χ2v) is 4.99. The molecule has 1 rings (SSSR count). The normalized spacial score (nSPS) is 10.1. The molecule has 8 heteroatoms. The summed E-state index contributed by atoms with van der Waals surface area (Å²) in [5.74, 6) is -0.877. The summed E-state index contributed by atoms with van der Waals surface area (Å²) < 4.78 is 4.81. The van der Waals surface area contributed by atoms with Gasteiger partial charge in [-0.15, -0.1) is 0 Å². The van der Waals surface area contributed by atoms with Gasteiger partial charge in [-0.25, -0.2) is 0 Å². The summed E-state index contributed by atoms with van der Waals surface area (Å²) in [7, 11) is 0. The van der Waals surface area contributed by atoms with Gasteiger partial charge in [0.25, 0.3) is 5.91 Å². The number of esters is 1. The third kappa shape index (κ3) is 4.30. The van der Waals surface area contributed by atoms with Crippen LogP contribution in [0.1, 0.15) is 29.9 Å². The highest BCUT2D eigenvalue weighted by molar-refractivity contribution is 7.17. The Bertz CT molecular complexity index is 500. The van der Waals surface area contributed by atoms with E-state index in [1.165, 1.54) is 17.0 Å². The van der Waals surface area contributed by atoms with E-state index in [-0.39, 0.29) is 23.0 Å². The van der Waals surface area contributed by atoms with Crippen LogP contribution in [0.15, 0.2) is 12.1 Å². The van der Waals surface area contributed by atoms with E-state index in [0.717, 1.165) is 11.3 Å². The summed E-state index contributed by atoms with van der Waals surface area (Å²) in [5, 5.41) is 10.5. The first-order chi connectivity index (χ1) is 9.49. The van der Waals surface area contributed by atoms with E-state index in [4.69, 9.17) is 4.74 Å². The van der Waals surface area contributed by atoms with Crippen molar-refractivity contribution in [3.05, 3.63) is 27.1 Å². The molecule has 1 amide bonds. The molecule has 0 saturated heterocycles. The van der Waals surface area contributed by atoms with Crippen molar-refractivity contribution in [3.63, 3.8) is 0 Å². The SMILES string of the molecule is CCCN(CC(=O)OCC)C(=O)c1ccc([N+](=O)[O-])s1. The van der Waals surface area contributed by atoms with E-state index in [1.54, 1.807) is 6.92 Å². The molecule has 20 heavy (non-hydrogen) atoms. The molecule has 0 spiro atoms. The lowest BCUT2D eigenvalue weighted by Gasteiger charge is -2.20. The minimum absolute atomic E-state index is 0.0964. The van der Waals surface area contributed by atoms with Crippen LogP contribution in [-0.4, -0.2) is 41.4 Å². The molecule has 0 aromatic carbocycles. The van der Waals surface area contributed by atoms with Crippen molar-refractivity contribution in [2.24, 2.45) is 0 Å². The second kappa shape index (κ2) is 7.59. The fourth-order valence-electron chi connectivity index (χ4n) is 1.58. The maximum atomic E-state index is 12.2. The Balaban J connectivity index is 2.81. The van der Waals surface area contributed by atoms with Crippen LogP contribution in [0.25, 0.3) is 0 Å².